The molecule has 2 heterocycles. The number of hydrogen-bond acceptors (Lipinski definition) is 6. The second-order valence-electron chi connectivity index (χ2n) is 9.05. The van der Waals surface area contributed by atoms with E-state index in [-0.39, 0.29) is 23.0 Å². The van der Waals surface area contributed by atoms with E-state index in [0.29, 0.717) is 23.7 Å². The monoisotopic (exact) mass is 521 g/mol. The minimum Gasteiger partial charge on any atom is -0.493 e. The molecule has 0 saturated heterocycles. The first-order valence-corrected chi connectivity index (χ1v) is 12.9. The van der Waals surface area contributed by atoms with Crippen LogP contribution in [-0.4, -0.2) is 41.3 Å². The van der Waals surface area contributed by atoms with Crippen molar-refractivity contribution in [2.45, 2.75) is 45.3 Å². The van der Waals surface area contributed by atoms with E-state index < -0.39 is 23.1 Å². The van der Waals surface area contributed by atoms with Gasteiger partial charge in [-0.15, -0.1) is 11.3 Å². The van der Waals surface area contributed by atoms with E-state index in [1.165, 1.54) is 12.1 Å². The molecule has 192 valence electrons. The first-order valence-electron chi connectivity index (χ1n) is 12.0. The fraction of sp³-hybridized carbons (Fsp3) is 0.276. The molecular formula is C29H28FNO5S. The number of carbonyl (C=O) groups excluding carboxylic acids is 1. The van der Waals surface area contributed by atoms with Crippen LogP contribution in [0.1, 0.15) is 52.8 Å². The molecule has 1 aliphatic heterocycles. The third kappa shape index (κ3) is 5.80. The Labute approximate surface area is 219 Å². The largest absolute Gasteiger partial charge is 0.493 e. The molecule has 0 fully saturated rings. The summed E-state index contributed by atoms with van der Waals surface area (Å²) in [6.07, 6.45) is 5.72. The lowest BCUT2D eigenvalue weighted by molar-refractivity contribution is 0.0702. The fourth-order valence-corrected chi connectivity index (χ4v) is 4.89. The van der Waals surface area contributed by atoms with Crippen LogP contribution < -0.4 is 9.47 Å². The Hall–Kier alpha value is -3.78. The lowest BCUT2D eigenvalue weighted by Crippen LogP contribution is -2.36. The fourth-order valence-electron chi connectivity index (χ4n) is 4.14. The minimum absolute atomic E-state index is 0.0732. The van der Waals surface area contributed by atoms with Gasteiger partial charge in [0, 0.05) is 18.7 Å². The third-order valence-corrected chi connectivity index (χ3v) is 6.76. The molecule has 1 aromatic heterocycles. The summed E-state index contributed by atoms with van der Waals surface area (Å²) >= 11 is 1.15. The number of nitrogens with zero attached hydrogens (tertiary/aromatic N) is 1. The summed E-state index contributed by atoms with van der Waals surface area (Å²) in [7, 11) is 0. The van der Waals surface area contributed by atoms with Gasteiger partial charge in [-0.05, 0) is 84.8 Å². The normalized spacial score (nSPS) is 16.4. The Morgan fingerprint density at radius 2 is 1.95 bits per heavy atom. The summed E-state index contributed by atoms with van der Waals surface area (Å²) in [5, 5.41) is 11.1. The number of carboxylic acid groups (broad SMARTS) is 1. The molecule has 37 heavy (non-hydrogen) atoms. The van der Waals surface area contributed by atoms with Gasteiger partial charge >= 0.3 is 5.97 Å². The van der Waals surface area contributed by atoms with Gasteiger partial charge < -0.3 is 14.6 Å². The zero-order chi connectivity index (χ0) is 26.6. The standard InChI is InChI=1S/C29H28FNO5S/c1-4-12-35-25-9-6-19(21-14-26(28(33)34)37-17-21)13-20(25)16-29(10-5-11-31-29)27(32)23-8-7-22(15-24(23)30)36-18(2)3/h5-11,13-15,17-18H,4,12,16H2,1-3H3,(H,33,34). The van der Waals surface area contributed by atoms with Gasteiger partial charge in [-0.25, -0.2) is 9.18 Å². The van der Waals surface area contributed by atoms with E-state index >= 15 is 4.39 Å². The van der Waals surface area contributed by atoms with Crippen molar-refractivity contribution in [3.63, 3.8) is 0 Å². The number of allylic oxidation sites excluding steroid dienone is 1. The highest BCUT2D eigenvalue weighted by molar-refractivity contribution is 7.12. The van der Waals surface area contributed by atoms with Gasteiger partial charge in [-0.2, -0.15) is 0 Å². The highest BCUT2D eigenvalue weighted by Gasteiger charge is 2.39. The van der Waals surface area contributed by atoms with Crippen molar-refractivity contribution in [3.8, 4) is 22.6 Å². The maximum Gasteiger partial charge on any atom is 0.345 e. The minimum atomic E-state index is -1.34. The van der Waals surface area contributed by atoms with Crippen molar-refractivity contribution in [1.82, 2.24) is 0 Å². The van der Waals surface area contributed by atoms with Crippen LogP contribution in [0.3, 0.4) is 0 Å². The molecule has 1 unspecified atom stereocenters. The smallest absolute Gasteiger partial charge is 0.345 e. The molecule has 8 heteroatoms. The molecular weight excluding hydrogens is 493 g/mol. The van der Waals surface area contributed by atoms with Crippen LogP contribution in [0.15, 0.2) is 65.0 Å². The number of carboxylic acids is 1. The summed E-state index contributed by atoms with van der Waals surface area (Å²) in [5.41, 5.74) is 0.841. The molecule has 0 aliphatic carbocycles. The highest BCUT2D eigenvalue weighted by Crippen LogP contribution is 2.36. The average molecular weight is 522 g/mol. The molecule has 3 aromatic rings. The van der Waals surface area contributed by atoms with Crippen molar-refractivity contribution in [2.24, 2.45) is 4.99 Å². The quantitative estimate of drug-likeness (QED) is 0.286. The molecule has 6 nitrogen and oxygen atoms in total. The van der Waals surface area contributed by atoms with Crippen LogP contribution >= 0.6 is 11.3 Å². The summed E-state index contributed by atoms with van der Waals surface area (Å²) in [5.74, 6) is -1.18. The number of benzene rings is 2. The molecule has 1 atom stereocenters. The molecule has 2 aromatic carbocycles. The van der Waals surface area contributed by atoms with Gasteiger partial charge in [-0.1, -0.05) is 13.0 Å². The van der Waals surface area contributed by atoms with Gasteiger partial charge in [0.05, 0.1) is 18.3 Å². The van der Waals surface area contributed by atoms with Gasteiger partial charge in [0.2, 0.25) is 0 Å². The lowest BCUT2D eigenvalue weighted by atomic mass is 9.83. The topological polar surface area (TPSA) is 85.2 Å². The zero-order valence-corrected chi connectivity index (χ0v) is 21.7. The Morgan fingerprint density at radius 3 is 2.57 bits per heavy atom. The molecule has 1 aliphatic rings. The molecule has 0 spiro atoms. The SMILES string of the molecule is CCCOc1ccc(-c2csc(C(=O)O)c2)cc1CC1(C(=O)c2ccc(OC(C)C)cc2F)C=CC=N1. The number of hydrogen-bond donors (Lipinski definition) is 1. The Kier molecular flexibility index (Phi) is 7.88. The Balaban J connectivity index is 1.71. The summed E-state index contributed by atoms with van der Waals surface area (Å²) < 4.78 is 26.6. The summed E-state index contributed by atoms with van der Waals surface area (Å²) in [6, 6.07) is 11.4. The number of halogens is 1. The number of thiophene rings is 1. The van der Waals surface area contributed by atoms with Gasteiger partial charge in [0.15, 0.2) is 5.78 Å². The molecule has 1 N–H and O–H groups in total. The number of Topliss-reactive ketones (excluding diaryl/α,β-unsaturated/α-hetero) is 1. The van der Waals surface area contributed by atoms with E-state index in [9.17, 15) is 14.7 Å². The molecule has 0 radical (unpaired) electrons. The number of ether oxygens (including phenoxy) is 2. The first-order chi connectivity index (χ1) is 17.7. The Bertz CT molecular complexity index is 1360. The van der Waals surface area contributed by atoms with Crippen LogP contribution in [0.5, 0.6) is 11.5 Å². The zero-order valence-electron chi connectivity index (χ0n) is 20.9. The van der Waals surface area contributed by atoms with Gasteiger partial charge in [0.25, 0.3) is 0 Å². The summed E-state index contributed by atoms with van der Waals surface area (Å²) in [4.78, 5) is 29.8. The third-order valence-electron chi connectivity index (χ3n) is 5.84. The van der Waals surface area contributed by atoms with Crippen molar-refractivity contribution in [3.05, 3.63) is 81.8 Å². The van der Waals surface area contributed by atoms with Crippen LogP contribution in [0, 0.1) is 5.82 Å². The van der Waals surface area contributed by atoms with Crippen molar-refractivity contribution in [2.75, 3.05) is 6.61 Å². The van der Waals surface area contributed by atoms with Gasteiger partial charge in [-0.3, -0.25) is 9.79 Å². The second-order valence-corrected chi connectivity index (χ2v) is 9.96. The maximum atomic E-state index is 15.1. The van der Waals surface area contributed by atoms with E-state index in [0.717, 1.165) is 28.9 Å². The van der Waals surface area contributed by atoms with Crippen molar-refractivity contribution >= 4 is 29.3 Å². The highest BCUT2D eigenvalue weighted by atomic mass is 32.1. The predicted molar refractivity (Wildman–Crippen MR) is 143 cm³/mol. The maximum absolute atomic E-state index is 15.1. The Morgan fingerprint density at radius 1 is 1.14 bits per heavy atom. The van der Waals surface area contributed by atoms with Crippen LogP contribution in [0.2, 0.25) is 0 Å². The number of rotatable bonds is 11. The molecule has 0 amide bonds. The predicted octanol–water partition coefficient (Wildman–Crippen LogP) is 6.63. The van der Waals surface area contributed by atoms with E-state index in [1.54, 1.807) is 35.9 Å². The van der Waals surface area contributed by atoms with E-state index in [1.807, 2.05) is 39.0 Å². The second kappa shape index (κ2) is 11.1. The van der Waals surface area contributed by atoms with Crippen LogP contribution in [0.4, 0.5) is 4.39 Å². The van der Waals surface area contributed by atoms with Crippen molar-refractivity contribution < 1.29 is 28.6 Å². The number of carbonyl (C=O) groups is 2. The van der Waals surface area contributed by atoms with E-state index in [4.69, 9.17) is 9.47 Å². The van der Waals surface area contributed by atoms with E-state index in [2.05, 4.69) is 4.99 Å². The first kappa shape index (κ1) is 26.3. The number of aliphatic imine (C=N–C) groups is 1. The number of aromatic carboxylic acids is 1. The summed E-state index contributed by atoms with van der Waals surface area (Å²) in [6.45, 7) is 6.17. The molecule has 0 bridgehead atoms. The molecule has 0 saturated carbocycles. The van der Waals surface area contributed by atoms with Crippen LogP contribution in [-0.2, 0) is 6.42 Å². The van der Waals surface area contributed by atoms with Crippen LogP contribution in [0.25, 0.3) is 11.1 Å². The average Bonchev–Trinajstić information content (AvgIpc) is 3.54. The van der Waals surface area contributed by atoms with Gasteiger partial charge in [0.1, 0.15) is 27.7 Å². The lowest BCUT2D eigenvalue weighted by Gasteiger charge is -2.25. The molecule has 4 rings (SSSR count). The van der Waals surface area contributed by atoms with Crippen molar-refractivity contribution in [1.29, 1.82) is 0 Å². The number of ketones is 1.